The van der Waals surface area contributed by atoms with Crippen molar-refractivity contribution < 1.29 is 14.3 Å². The molecule has 20 heavy (non-hydrogen) atoms. The third-order valence-corrected chi connectivity index (χ3v) is 2.93. The largest absolute Gasteiger partial charge is 0.493 e. The summed E-state index contributed by atoms with van der Waals surface area (Å²) in [5.74, 6) is 1.39. The van der Waals surface area contributed by atoms with E-state index in [2.05, 4.69) is 0 Å². The van der Waals surface area contributed by atoms with Crippen LogP contribution in [0, 0.1) is 0 Å². The van der Waals surface area contributed by atoms with Crippen LogP contribution in [-0.4, -0.2) is 19.5 Å². The van der Waals surface area contributed by atoms with E-state index in [-0.39, 0.29) is 0 Å². The van der Waals surface area contributed by atoms with Gasteiger partial charge in [-0.15, -0.1) is 0 Å². The first kappa shape index (κ1) is 14.4. The van der Waals surface area contributed by atoms with Gasteiger partial charge in [0.1, 0.15) is 11.5 Å². The van der Waals surface area contributed by atoms with Crippen LogP contribution in [0.4, 0.5) is 0 Å². The van der Waals surface area contributed by atoms with Gasteiger partial charge in [0, 0.05) is 11.4 Å². The lowest BCUT2D eigenvalue weighted by Gasteiger charge is -2.09. The number of carbonyl (C=O) groups excluding carboxylic acids is 1. The number of para-hydroxylation sites is 1. The Morgan fingerprint density at radius 3 is 2.40 bits per heavy atom. The lowest BCUT2D eigenvalue weighted by molar-refractivity contribution is 0.111. The fourth-order valence-corrected chi connectivity index (χ4v) is 1.80. The Labute approximate surface area is 123 Å². The normalized spacial score (nSPS) is 10.1. The zero-order valence-electron chi connectivity index (χ0n) is 10.9. The first-order valence-electron chi connectivity index (χ1n) is 6.35. The molecular formula is C16H15ClO3. The van der Waals surface area contributed by atoms with E-state index in [1.807, 2.05) is 18.2 Å². The Morgan fingerprint density at radius 2 is 1.65 bits per heavy atom. The molecule has 0 aromatic heterocycles. The summed E-state index contributed by atoms with van der Waals surface area (Å²) < 4.78 is 11.1. The molecule has 0 amide bonds. The second kappa shape index (κ2) is 7.56. The maximum Gasteiger partial charge on any atom is 0.153 e. The maximum absolute atomic E-state index is 10.8. The fourth-order valence-electron chi connectivity index (χ4n) is 1.67. The number of rotatable bonds is 7. The fraction of sp³-hybridized carbons (Fsp3) is 0.188. The van der Waals surface area contributed by atoms with Gasteiger partial charge < -0.3 is 9.47 Å². The summed E-state index contributed by atoms with van der Waals surface area (Å²) >= 11 is 5.79. The van der Waals surface area contributed by atoms with Crippen LogP contribution in [0.3, 0.4) is 0 Å². The lowest BCUT2D eigenvalue weighted by atomic mass is 10.2. The Bertz CT molecular complexity index is 552. The zero-order valence-corrected chi connectivity index (χ0v) is 11.7. The first-order chi connectivity index (χ1) is 9.79. The van der Waals surface area contributed by atoms with Crippen LogP contribution in [0.2, 0.25) is 5.02 Å². The molecule has 0 aliphatic heterocycles. The van der Waals surface area contributed by atoms with Gasteiger partial charge in [0.05, 0.1) is 18.8 Å². The van der Waals surface area contributed by atoms with E-state index in [1.54, 1.807) is 30.3 Å². The van der Waals surface area contributed by atoms with E-state index in [9.17, 15) is 4.79 Å². The summed E-state index contributed by atoms with van der Waals surface area (Å²) in [5, 5.41) is 0.686. The average molecular weight is 291 g/mol. The molecule has 0 N–H and O–H groups in total. The Balaban J connectivity index is 1.71. The average Bonchev–Trinajstić information content (AvgIpc) is 2.49. The molecule has 0 atom stereocenters. The van der Waals surface area contributed by atoms with Crippen LogP contribution in [0.5, 0.6) is 11.5 Å². The van der Waals surface area contributed by atoms with Gasteiger partial charge in [-0.3, -0.25) is 4.79 Å². The molecule has 2 aromatic rings. The minimum atomic E-state index is 0.498. The monoisotopic (exact) mass is 290 g/mol. The molecule has 2 aromatic carbocycles. The summed E-state index contributed by atoms with van der Waals surface area (Å²) in [5.41, 5.74) is 0.561. The molecule has 0 radical (unpaired) electrons. The molecule has 0 aliphatic rings. The van der Waals surface area contributed by atoms with E-state index < -0.39 is 0 Å². The second-order valence-corrected chi connectivity index (χ2v) is 4.60. The van der Waals surface area contributed by atoms with Crippen molar-refractivity contribution in [2.24, 2.45) is 0 Å². The number of carbonyl (C=O) groups is 1. The summed E-state index contributed by atoms with van der Waals surface area (Å²) in [6, 6.07) is 14.4. The highest BCUT2D eigenvalue weighted by molar-refractivity contribution is 6.30. The van der Waals surface area contributed by atoms with Crippen LogP contribution in [0.1, 0.15) is 16.8 Å². The standard InChI is InChI=1S/C16H15ClO3/c17-14-6-8-15(9-7-14)19-10-3-11-20-16-5-2-1-4-13(16)12-18/h1-2,4-9,12H,3,10-11H2. The van der Waals surface area contributed by atoms with Crippen LogP contribution in [0.25, 0.3) is 0 Å². The minimum Gasteiger partial charge on any atom is -0.493 e. The van der Waals surface area contributed by atoms with Gasteiger partial charge in [-0.1, -0.05) is 23.7 Å². The van der Waals surface area contributed by atoms with Gasteiger partial charge in [-0.25, -0.2) is 0 Å². The second-order valence-electron chi connectivity index (χ2n) is 4.16. The first-order valence-corrected chi connectivity index (χ1v) is 6.73. The van der Waals surface area contributed by atoms with Crippen molar-refractivity contribution in [3.63, 3.8) is 0 Å². The van der Waals surface area contributed by atoms with Gasteiger partial charge >= 0.3 is 0 Å². The summed E-state index contributed by atoms with van der Waals surface area (Å²) in [4.78, 5) is 10.8. The Kier molecular flexibility index (Phi) is 5.44. The van der Waals surface area contributed by atoms with E-state index in [1.165, 1.54) is 0 Å². The molecule has 0 aliphatic carbocycles. The molecule has 0 saturated heterocycles. The third kappa shape index (κ3) is 4.28. The van der Waals surface area contributed by atoms with Crippen LogP contribution in [0.15, 0.2) is 48.5 Å². The van der Waals surface area contributed by atoms with Crippen molar-refractivity contribution >= 4 is 17.9 Å². The van der Waals surface area contributed by atoms with Gasteiger partial charge in [-0.05, 0) is 36.4 Å². The molecule has 0 bridgehead atoms. The van der Waals surface area contributed by atoms with E-state index in [0.717, 1.165) is 18.5 Å². The molecule has 4 heteroatoms. The van der Waals surface area contributed by atoms with E-state index in [4.69, 9.17) is 21.1 Å². The van der Waals surface area contributed by atoms with Gasteiger partial charge in [0.2, 0.25) is 0 Å². The van der Waals surface area contributed by atoms with E-state index in [0.29, 0.717) is 29.5 Å². The number of benzene rings is 2. The highest BCUT2D eigenvalue weighted by atomic mass is 35.5. The van der Waals surface area contributed by atoms with Crippen molar-refractivity contribution in [3.8, 4) is 11.5 Å². The van der Waals surface area contributed by atoms with Crippen LogP contribution < -0.4 is 9.47 Å². The molecule has 0 saturated carbocycles. The third-order valence-electron chi connectivity index (χ3n) is 2.67. The van der Waals surface area contributed by atoms with Crippen molar-refractivity contribution in [2.45, 2.75) is 6.42 Å². The number of ether oxygens (including phenoxy) is 2. The Morgan fingerprint density at radius 1 is 0.950 bits per heavy atom. The molecular weight excluding hydrogens is 276 g/mol. The summed E-state index contributed by atoms with van der Waals surface area (Å²) in [6.07, 6.45) is 1.52. The molecule has 3 nitrogen and oxygen atoms in total. The summed E-state index contributed by atoms with van der Waals surface area (Å²) in [6.45, 7) is 1.04. The van der Waals surface area contributed by atoms with Crippen molar-refractivity contribution in [3.05, 3.63) is 59.1 Å². The highest BCUT2D eigenvalue weighted by Gasteiger charge is 2.01. The predicted octanol–water partition coefficient (Wildman–Crippen LogP) is 4.00. The number of aldehydes is 1. The number of hydrogen-bond acceptors (Lipinski definition) is 3. The molecule has 104 valence electrons. The SMILES string of the molecule is O=Cc1ccccc1OCCCOc1ccc(Cl)cc1. The number of hydrogen-bond donors (Lipinski definition) is 0. The van der Waals surface area contributed by atoms with Crippen LogP contribution in [-0.2, 0) is 0 Å². The smallest absolute Gasteiger partial charge is 0.153 e. The van der Waals surface area contributed by atoms with Crippen molar-refractivity contribution in [1.29, 1.82) is 0 Å². The minimum absolute atomic E-state index is 0.498. The van der Waals surface area contributed by atoms with Crippen molar-refractivity contribution in [1.82, 2.24) is 0 Å². The summed E-state index contributed by atoms with van der Waals surface area (Å²) in [7, 11) is 0. The molecule has 2 rings (SSSR count). The molecule has 0 fully saturated rings. The van der Waals surface area contributed by atoms with E-state index >= 15 is 0 Å². The van der Waals surface area contributed by atoms with Gasteiger partial charge in [0.15, 0.2) is 6.29 Å². The predicted molar refractivity (Wildman–Crippen MR) is 78.9 cm³/mol. The highest BCUT2D eigenvalue weighted by Crippen LogP contribution is 2.17. The lowest BCUT2D eigenvalue weighted by Crippen LogP contribution is -2.06. The van der Waals surface area contributed by atoms with Gasteiger partial charge in [0.25, 0.3) is 0 Å². The topological polar surface area (TPSA) is 35.5 Å². The number of halogens is 1. The van der Waals surface area contributed by atoms with Crippen molar-refractivity contribution in [2.75, 3.05) is 13.2 Å². The Hall–Kier alpha value is -2.00. The van der Waals surface area contributed by atoms with Crippen LogP contribution >= 0.6 is 11.6 Å². The quantitative estimate of drug-likeness (QED) is 0.571. The molecule has 0 heterocycles. The maximum atomic E-state index is 10.8. The molecule has 0 spiro atoms. The molecule has 0 unspecified atom stereocenters. The zero-order chi connectivity index (χ0) is 14.2. The van der Waals surface area contributed by atoms with Gasteiger partial charge in [-0.2, -0.15) is 0 Å².